The Hall–Kier alpha value is -4.03. The highest BCUT2D eigenvalue weighted by atomic mass is 32.1. The molecule has 6 heteroatoms. The number of phenolic OH excluding ortho intramolecular Hbond substituents is 1. The van der Waals surface area contributed by atoms with Gasteiger partial charge in [0.2, 0.25) is 5.91 Å². The van der Waals surface area contributed by atoms with E-state index in [1.165, 1.54) is 11.3 Å². The molecule has 1 amide bonds. The maximum absolute atomic E-state index is 12.6. The summed E-state index contributed by atoms with van der Waals surface area (Å²) in [6.45, 7) is 0.401. The average molecular weight is 452 g/mol. The largest absolute Gasteiger partial charge is 0.508 e. The van der Waals surface area contributed by atoms with Gasteiger partial charge in [0.25, 0.3) is 0 Å². The van der Waals surface area contributed by atoms with E-state index < -0.39 is 0 Å². The Kier molecular flexibility index (Phi) is 5.83. The Morgan fingerprint density at radius 1 is 0.939 bits per heavy atom. The van der Waals surface area contributed by atoms with E-state index >= 15 is 0 Å². The van der Waals surface area contributed by atoms with Crippen molar-refractivity contribution in [3.63, 3.8) is 0 Å². The van der Waals surface area contributed by atoms with Crippen molar-refractivity contribution < 1.29 is 9.90 Å². The van der Waals surface area contributed by atoms with Gasteiger partial charge in [-0.05, 0) is 40.3 Å². The van der Waals surface area contributed by atoms with Gasteiger partial charge in [-0.3, -0.25) is 9.78 Å². The molecule has 0 aliphatic carbocycles. The molecule has 2 N–H and O–H groups in total. The number of fused-ring (bicyclic) bond motifs is 1. The number of rotatable bonds is 6. The zero-order valence-corrected chi connectivity index (χ0v) is 18.5. The molecular formula is C27H21N3O2S. The van der Waals surface area contributed by atoms with Gasteiger partial charge < -0.3 is 10.4 Å². The van der Waals surface area contributed by atoms with E-state index in [-0.39, 0.29) is 18.1 Å². The maximum Gasteiger partial charge on any atom is 0.227 e. The molecule has 0 atom stereocenters. The number of aromatic nitrogens is 2. The van der Waals surface area contributed by atoms with E-state index in [1.807, 2.05) is 72.2 Å². The summed E-state index contributed by atoms with van der Waals surface area (Å²) in [5, 5.41) is 17.7. The van der Waals surface area contributed by atoms with Gasteiger partial charge in [0.1, 0.15) is 10.8 Å². The molecule has 0 aliphatic heterocycles. The first-order valence-electron chi connectivity index (χ1n) is 10.6. The summed E-state index contributed by atoms with van der Waals surface area (Å²) in [7, 11) is 0. The zero-order valence-electron chi connectivity index (χ0n) is 17.7. The van der Waals surface area contributed by atoms with Crippen LogP contribution in [0.4, 0.5) is 0 Å². The molecule has 5 nitrogen and oxygen atoms in total. The summed E-state index contributed by atoms with van der Waals surface area (Å²) < 4.78 is 0. The molecule has 0 spiro atoms. The van der Waals surface area contributed by atoms with Crippen LogP contribution < -0.4 is 5.32 Å². The number of hydrogen-bond acceptors (Lipinski definition) is 5. The number of aromatic hydroxyl groups is 1. The smallest absolute Gasteiger partial charge is 0.227 e. The van der Waals surface area contributed by atoms with Crippen LogP contribution in [0.25, 0.3) is 33.2 Å². The minimum absolute atomic E-state index is 0.0712. The first-order chi connectivity index (χ1) is 16.2. The number of pyridine rings is 1. The molecule has 162 valence electrons. The molecule has 0 bridgehead atoms. The number of phenols is 1. The summed E-state index contributed by atoms with van der Waals surface area (Å²) in [5.41, 5.74) is 4.86. The fourth-order valence-corrected chi connectivity index (χ4v) is 4.66. The quantitative estimate of drug-likeness (QED) is 0.353. The lowest BCUT2D eigenvalue weighted by molar-refractivity contribution is -0.120. The van der Waals surface area contributed by atoms with Crippen molar-refractivity contribution in [2.45, 2.75) is 13.0 Å². The van der Waals surface area contributed by atoms with Crippen LogP contribution in [-0.4, -0.2) is 21.0 Å². The normalized spacial score (nSPS) is 10.9. The van der Waals surface area contributed by atoms with Gasteiger partial charge in [0.15, 0.2) is 0 Å². The van der Waals surface area contributed by atoms with Crippen LogP contribution >= 0.6 is 11.3 Å². The van der Waals surface area contributed by atoms with Crippen LogP contribution in [0.15, 0.2) is 90.6 Å². The van der Waals surface area contributed by atoms with E-state index in [2.05, 4.69) is 15.3 Å². The van der Waals surface area contributed by atoms with Gasteiger partial charge in [0, 0.05) is 35.3 Å². The number of nitrogens with one attached hydrogen (secondary N) is 1. The van der Waals surface area contributed by atoms with Crippen molar-refractivity contribution >= 4 is 28.0 Å². The number of thiazole rings is 1. The molecule has 0 saturated carbocycles. The number of nitrogens with zero attached hydrogens (tertiary/aromatic N) is 2. The summed E-state index contributed by atoms with van der Waals surface area (Å²) >= 11 is 1.50. The van der Waals surface area contributed by atoms with Gasteiger partial charge >= 0.3 is 0 Å². The van der Waals surface area contributed by atoms with Crippen molar-refractivity contribution in [2.75, 3.05) is 0 Å². The van der Waals surface area contributed by atoms with Gasteiger partial charge in [-0.1, -0.05) is 54.6 Å². The molecule has 2 heterocycles. The molecule has 5 rings (SSSR count). The average Bonchev–Trinajstić information content (AvgIpc) is 3.31. The SMILES string of the molecule is O=C(Cc1nc(-c2ccccc2)cs1)NCc1ccc(-c2cccc(O)c2)c2ccncc12. The van der Waals surface area contributed by atoms with E-state index in [1.54, 1.807) is 18.3 Å². The van der Waals surface area contributed by atoms with Crippen LogP contribution in [0.2, 0.25) is 0 Å². The summed E-state index contributed by atoms with van der Waals surface area (Å²) in [6.07, 6.45) is 3.81. The Morgan fingerprint density at radius 3 is 2.64 bits per heavy atom. The molecule has 33 heavy (non-hydrogen) atoms. The predicted molar refractivity (Wildman–Crippen MR) is 132 cm³/mol. The Morgan fingerprint density at radius 2 is 1.79 bits per heavy atom. The highest BCUT2D eigenvalue weighted by Gasteiger charge is 2.12. The fraction of sp³-hybridized carbons (Fsp3) is 0.0741. The highest BCUT2D eigenvalue weighted by molar-refractivity contribution is 7.10. The van der Waals surface area contributed by atoms with Crippen LogP contribution in [-0.2, 0) is 17.8 Å². The molecule has 0 aliphatic rings. The van der Waals surface area contributed by atoms with Gasteiger partial charge in [-0.2, -0.15) is 0 Å². The molecule has 0 fully saturated rings. The minimum atomic E-state index is -0.0712. The van der Waals surface area contributed by atoms with Gasteiger partial charge in [-0.25, -0.2) is 4.98 Å². The lowest BCUT2D eigenvalue weighted by Crippen LogP contribution is -2.24. The van der Waals surface area contributed by atoms with E-state index in [9.17, 15) is 9.90 Å². The minimum Gasteiger partial charge on any atom is -0.508 e. The zero-order chi connectivity index (χ0) is 22.6. The first kappa shape index (κ1) is 20.8. The number of carbonyl (C=O) groups excluding carboxylic acids is 1. The molecular weight excluding hydrogens is 430 g/mol. The molecule has 5 aromatic rings. The van der Waals surface area contributed by atoms with Crippen molar-refractivity contribution in [3.8, 4) is 28.1 Å². The molecule has 2 aromatic heterocycles. The van der Waals surface area contributed by atoms with Crippen molar-refractivity contribution in [3.05, 3.63) is 101 Å². The van der Waals surface area contributed by atoms with E-state index in [0.717, 1.165) is 43.7 Å². The van der Waals surface area contributed by atoms with E-state index in [0.29, 0.717) is 6.54 Å². The number of amides is 1. The van der Waals surface area contributed by atoms with Crippen LogP contribution in [0.1, 0.15) is 10.6 Å². The lowest BCUT2D eigenvalue weighted by Gasteiger charge is -2.12. The standard InChI is InChI=1S/C27H21N3O2S/c31-21-8-4-7-19(13-21)22-10-9-20(24-16-28-12-11-23(22)24)15-29-26(32)14-27-30-25(17-33-27)18-5-2-1-3-6-18/h1-13,16-17,31H,14-15H2,(H,29,32). The van der Waals surface area contributed by atoms with Crippen molar-refractivity contribution in [1.82, 2.24) is 15.3 Å². The van der Waals surface area contributed by atoms with Crippen LogP contribution in [0.3, 0.4) is 0 Å². The Labute approximate surface area is 195 Å². The van der Waals surface area contributed by atoms with Gasteiger partial charge in [-0.15, -0.1) is 11.3 Å². The van der Waals surface area contributed by atoms with E-state index in [4.69, 9.17) is 0 Å². The molecule has 0 saturated heterocycles. The Bertz CT molecular complexity index is 1430. The topological polar surface area (TPSA) is 75.1 Å². The Balaban J connectivity index is 1.31. The van der Waals surface area contributed by atoms with Gasteiger partial charge in [0.05, 0.1) is 12.1 Å². The van der Waals surface area contributed by atoms with Crippen molar-refractivity contribution in [2.24, 2.45) is 0 Å². The summed E-state index contributed by atoms with van der Waals surface area (Å²) in [6, 6.07) is 23.1. The lowest BCUT2D eigenvalue weighted by atomic mass is 9.96. The monoisotopic (exact) mass is 451 g/mol. The molecule has 0 radical (unpaired) electrons. The number of carbonyl (C=O) groups is 1. The van der Waals surface area contributed by atoms with Crippen LogP contribution in [0.5, 0.6) is 5.75 Å². The number of hydrogen-bond donors (Lipinski definition) is 2. The fourth-order valence-electron chi connectivity index (χ4n) is 3.86. The third-order valence-corrected chi connectivity index (χ3v) is 6.32. The van der Waals surface area contributed by atoms with Crippen molar-refractivity contribution in [1.29, 1.82) is 0 Å². The molecule has 3 aromatic carbocycles. The second kappa shape index (κ2) is 9.22. The maximum atomic E-state index is 12.6. The molecule has 0 unspecified atom stereocenters. The van der Waals surface area contributed by atoms with Crippen LogP contribution in [0, 0.1) is 0 Å². The third kappa shape index (κ3) is 4.61. The second-order valence-electron chi connectivity index (χ2n) is 7.69. The highest BCUT2D eigenvalue weighted by Crippen LogP contribution is 2.32. The second-order valence-corrected chi connectivity index (χ2v) is 8.63. The number of benzene rings is 3. The predicted octanol–water partition coefficient (Wildman–Crippen LogP) is 5.59. The summed E-state index contributed by atoms with van der Waals surface area (Å²) in [5.74, 6) is 0.154. The third-order valence-electron chi connectivity index (χ3n) is 5.47. The first-order valence-corrected chi connectivity index (χ1v) is 11.5. The summed E-state index contributed by atoms with van der Waals surface area (Å²) in [4.78, 5) is 21.5.